The van der Waals surface area contributed by atoms with E-state index in [0.717, 1.165) is 27.5 Å². The van der Waals surface area contributed by atoms with Crippen LogP contribution < -0.4 is 0 Å². The number of carbonyl (C=O) groups excluding carboxylic acids is 1. The van der Waals surface area contributed by atoms with Gasteiger partial charge >= 0.3 is 11.9 Å². The number of hydrogen-bond donors (Lipinski definition) is 1. The molecule has 4 aromatic carbocycles. The first-order valence-corrected chi connectivity index (χ1v) is 11.1. The fourth-order valence-corrected chi connectivity index (χ4v) is 5.19. The van der Waals surface area contributed by atoms with Gasteiger partial charge < -0.3 is 9.84 Å². The maximum Gasteiger partial charge on any atom is 0.310 e. The Balaban J connectivity index is 1.47. The quantitative estimate of drug-likeness (QED) is 0.389. The van der Waals surface area contributed by atoms with Crippen LogP contribution in [0.1, 0.15) is 28.5 Å². The average Bonchev–Trinajstić information content (AvgIpc) is 2.83. The van der Waals surface area contributed by atoms with E-state index in [4.69, 9.17) is 4.74 Å². The van der Waals surface area contributed by atoms with Crippen LogP contribution in [0.25, 0.3) is 10.8 Å². The molecule has 4 aromatic rings. The number of esters is 1. The van der Waals surface area contributed by atoms with E-state index in [1.807, 2.05) is 103 Å². The number of carbonyl (C=O) groups is 2. The normalized spacial score (nSPS) is 21.8. The Kier molecular flexibility index (Phi) is 5.66. The molecule has 0 spiro atoms. The van der Waals surface area contributed by atoms with Crippen LogP contribution in [-0.2, 0) is 20.9 Å². The molecule has 0 radical (unpaired) electrons. The number of benzene rings is 4. The Bertz CT molecular complexity index is 1230. The summed E-state index contributed by atoms with van der Waals surface area (Å²) in [6, 6.07) is 32.8. The van der Waals surface area contributed by atoms with Gasteiger partial charge in [0, 0.05) is 11.8 Å². The highest BCUT2D eigenvalue weighted by molar-refractivity contribution is 5.87. The lowest BCUT2D eigenvalue weighted by atomic mass is 9.52. The zero-order valence-electron chi connectivity index (χ0n) is 18.0. The molecule has 33 heavy (non-hydrogen) atoms. The Morgan fingerprint density at radius 1 is 0.667 bits per heavy atom. The third kappa shape index (κ3) is 3.89. The minimum Gasteiger partial charge on any atom is -0.481 e. The predicted octanol–water partition coefficient (Wildman–Crippen LogP) is 5.78. The molecule has 1 aliphatic rings. The lowest BCUT2D eigenvalue weighted by Gasteiger charge is -2.49. The molecule has 4 heteroatoms. The van der Waals surface area contributed by atoms with E-state index in [1.165, 1.54) is 0 Å². The maximum atomic E-state index is 13.5. The summed E-state index contributed by atoms with van der Waals surface area (Å²) in [4.78, 5) is 25.7. The summed E-state index contributed by atoms with van der Waals surface area (Å²) < 4.78 is 5.84. The molecule has 1 N–H and O–H groups in total. The molecule has 0 bridgehead atoms. The van der Waals surface area contributed by atoms with Gasteiger partial charge in [-0.25, -0.2) is 0 Å². The standard InChI is InChI=1S/C29H24O4/c30-28(31)26-24(20-11-3-1-4-12-20)27(25(26)21-13-5-2-6-14-21)29(32)33-18-22-16-9-15-19-10-7-8-17-23(19)22/h1-17,24-27H,18H2,(H,30,31)/t24-,25?,26-,27+/m1/s1. The van der Waals surface area contributed by atoms with Gasteiger partial charge in [0.1, 0.15) is 6.61 Å². The van der Waals surface area contributed by atoms with E-state index in [-0.39, 0.29) is 12.6 Å². The molecule has 1 aliphatic carbocycles. The highest BCUT2D eigenvalue weighted by atomic mass is 16.5. The van der Waals surface area contributed by atoms with E-state index < -0.39 is 29.6 Å². The fourth-order valence-electron chi connectivity index (χ4n) is 5.19. The minimum atomic E-state index is -0.893. The third-order valence-electron chi connectivity index (χ3n) is 6.72. The molecular formula is C29H24O4. The second-order valence-corrected chi connectivity index (χ2v) is 8.51. The number of aliphatic carboxylic acids is 1. The highest BCUT2D eigenvalue weighted by Gasteiger charge is 2.59. The van der Waals surface area contributed by atoms with Gasteiger partial charge in [-0.3, -0.25) is 9.59 Å². The van der Waals surface area contributed by atoms with Crippen LogP contribution in [0, 0.1) is 11.8 Å². The lowest BCUT2D eigenvalue weighted by molar-refractivity contribution is -0.165. The van der Waals surface area contributed by atoms with Crippen LogP contribution >= 0.6 is 0 Å². The minimum absolute atomic E-state index is 0.150. The number of carboxylic acids is 1. The van der Waals surface area contributed by atoms with Crippen molar-refractivity contribution in [3.8, 4) is 0 Å². The summed E-state index contributed by atoms with van der Waals surface area (Å²) in [5.41, 5.74) is 2.64. The van der Waals surface area contributed by atoms with Crippen LogP contribution in [0.5, 0.6) is 0 Å². The summed E-state index contributed by atoms with van der Waals surface area (Å²) in [5, 5.41) is 12.2. The van der Waals surface area contributed by atoms with Gasteiger partial charge in [-0.05, 0) is 27.5 Å². The molecule has 1 fully saturated rings. The number of carboxylic acid groups (broad SMARTS) is 1. The van der Waals surface area contributed by atoms with Crippen molar-refractivity contribution in [3.63, 3.8) is 0 Å². The van der Waals surface area contributed by atoms with E-state index in [9.17, 15) is 14.7 Å². The monoisotopic (exact) mass is 436 g/mol. The van der Waals surface area contributed by atoms with E-state index >= 15 is 0 Å². The molecule has 0 saturated heterocycles. The third-order valence-corrected chi connectivity index (χ3v) is 6.72. The van der Waals surface area contributed by atoms with E-state index in [0.29, 0.717) is 0 Å². The molecular weight excluding hydrogens is 412 g/mol. The smallest absolute Gasteiger partial charge is 0.310 e. The summed E-state index contributed by atoms with van der Waals surface area (Å²) in [5.74, 6) is -3.38. The van der Waals surface area contributed by atoms with Crippen LogP contribution in [0.3, 0.4) is 0 Å². The summed E-state index contributed by atoms with van der Waals surface area (Å²) in [7, 11) is 0. The van der Waals surface area contributed by atoms with Crippen molar-refractivity contribution < 1.29 is 19.4 Å². The zero-order chi connectivity index (χ0) is 22.8. The molecule has 4 nitrogen and oxygen atoms in total. The number of rotatable bonds is 6. The predicted molar refractivity (Wildman–Crippen MR) is 127 cm³/mol. The van der Waals surface area contributed by atoms with Crippen LogP contribution in [0.15, 0.2) is 103 Å². The van der Waals surface area contributed by atoms with E-state index in [1.54, 1.807) is 0 Å². The summed E-state index contributed by atoms with van der Waals surface area (Å²) in [6.07, 6.45) is 0. The van der Waals surface area contributed by atoms with Crippen LogP contribution in [0.2, 0.25) is 0 Å². The van der Waals surface area contributed by atoms with Crippen molar-refractivity contribution in [2.75, 3.05) is 0 Å². The van der Waals surface area contributed by atoms with E-state index in [2.05, 4.69) is 0 Å². The van der Waals surface area contributed by atoms with Crippen molar-refractivity contribution in [1.82, 2.24) is 0 Å². The van der Waals surface area contributed by atoms with Gasteiger partial charge in [0.15, 0.2) is 0 Å². The SMILES string of the molecule is O=C(OCc1cccc2ccccc12)[C@@H]1C(c2ccccc2)[C@H](C(=O)O)[C@H]1c1ccccc1. The topological polar surface area (TPSA) is 63.6 Å². The Labute approximate surface area is 192 Å². The molecule has 5 rings (SSSR count). The van der Waals surface area contributed by atoms with Gasteiger partial charge in [-0.2, -0.15) is 0 Å². The Hall–Kier alpha value is -3.92. The second-order valence-electron chi connectivity index (χ2n) is 8.51. The molecule has 0 aromatic heterocycles. The molecule has 4 atom stereocenters. The molecule has 1 unspecified atom stereocenters. The van der Waals surface area contributed by atoms with Crippen LogP contribution in [0.4, 0.5) is 0 Å². The van der Waals surface area contributed by atoms with Gasteiger partial charge in [0.05, 0.1) is 11.8 Å². The highest BCUT2D eigenvalue weighted by Crippen LogP contribution is 2.58. The molecule has 0 heterocycles. The van der Waals surface area contributed by atoms with Crippen molar-refractivity contribution >= 4 is 22.7 Å². The average molecular weight is 437 g/mol. The zero-order valence-corrected chi connectivity index (χ0v) is 18.0. The van der Waals surface area contributed by atoms with Gasteiger partial charge in [-0.15, -0.1) is 0 Å². The second kappa shape index (κ2) is 8.91. The fraction of sp³-hybridized carbons (Fsp3) is 0.172. The van der Waals surface area contributed by atoms with Crippen molar-refractivity contribution in [3.05, 3.63) is 120 Å². The molecule has 164 valence electrons. The summed E-state index contributed by atoms with van der Waals surface area (Å²) in [6.45, 7) is 0.150. The number of hydrogen-bond acceptors (Lipinski definition) is 3. The van der Waals surface area contributed by atoms with Gasteiger partial charge in [0.2, 0.25) is 0 Å². The first-order valence-electron chi connectivity index (χ1n) is 11.1. The van der Waals surface area contributed by atoms with Crippen molar-refractivity contribution in [2.45, 2.75) is 18.4 Å². The molecule has 1 saturated carbocycles. The van der Waals surface area contributed by atoms with Crippen molar-refractivity contribution in [2.24, 2.45) is 11.8 Å². The Morgan fingerprint density at radius 2 is 1.21 bits per heavy atom. The summed E-state index contributed by atoms with van der Waals surface area (Å²) >= 11 is 0. The molecule has 0 amide bonds. The van der Waals surface area contributed by atoms with Gasteiger partial charge in [-0.1, -0.05) is 103 Å². The number of fused-ring (bicyclic) bond motifs is 1. The van der Waals surface area contributed by atoms with Crippen molar-refractivity contribution in [1.29, 1.82) is 0 Å². The first kappa shape index (κ1) is 21.0. The first-order chi connectivity index (χ1) is 16.1. The lowest BCUT2D eigenvalue weighted by Crippen LogP contribution is -2.51. The van der Waals surface area contributed by atoms with Gasteiger partial charge in [0.25, 0.3) is 0 Å². The number of ether oxygens (including phenoxy) is 1. The largest absolute Gasteiger partial charge is 0.481 e. The Morgan fingerprint density at radius 3 is 1.82 bits per heavy atom. The molecule has 0 aliphatic heterocycles. The van der Waals surface area contributed by atoms with Crippen LogP contribution in [-0.4, -0.2) is 17.0 Å². The maximum absolute atomic E-state index is 13.5.